The van der Waals surface area contributed by atoms with Crippen molar-refractivity contribution in [3.05, 3.63) is 6.33 Å². The molecule has 1 aromatic heterocycles. The Morgan fingerprint density at radius 2 is 1.78 bits per heavy atom. The van der Waals surface area contributed by atoms with Crippen molar-refractivity contribution in [3.63, 3.8) is 0 Å². The van der Waals surface area contributed by atoms with Crippen molar-refractivity contribution in [2.24, 2.45) is 0 Å². The van der Waals surface area contributed by atoms with Crippen LogP contribution in [0.3, 0.4) is 0 Å². The van der Waals surface area contributed by atoms with Gasteiger partial charge < -0.3 is 26.4 Å². The molecule has 5 N–H and O–H groups in total. The fourth-order valence-corrected chi connectivity index (χ4v) is 4.70. The van der Waals surface area contributed by atoms with E-state index in [1.54, 1.807) is 6.33 Å². The van der Waals surface area contributed by atoms with E-state index in [4.69, 9.17) is 10.8 Å². The van der Waals surface area contributed by atoms with Crippen LogP contribution in [-0.2, 0) is 0 Å². The molecule has 8 heteroatoms. The van der Waals surface area contributed by atoms with Crippen molar-refractivity contribution in [2.75, 3.05) is 55.3 Å². The lowest BCUT2D eigenvalue weighted by Crippen LogP contribution is -2.60. The van der Waals surface area contributed by atoms with Crippen LogP contribution in [0.2, 0.25) is 0 Å². The molecular weight excluding hydrogens is 342 g/mol. The van der Waals surface area contributed by atoms with Gasteiger partial charge in [-0.25, -0.2) is 9.97 Å². The molecule has 0 spiro atoms. The van der Waals surface area contributed by atoms with Crippen LogP contribution in [0.4, 0.5) is 17.3 Å². The Hall–Kier alpha value is -1.64. The van der Waals surface area contributed by atoms with Gasteiger partial charge in [0.15, 0.2) is 11.6 Å². The van der Waals surface area contributed by atoms with Crippen molar-refractivity contribution in [1.29, 1.82) is 0 Å². The van der Waals surface area contributed by atoms with Gasteiger partial charge in [0.05, 0.1) is 6.61 Å². The van der Waals surface area contributed by atoms with E-state index in [0.717, 1.165) is 57.2 Å². The molecule has 2 saturated heterocycles. The number of hydrogen-bond donors (Lipinski definition) is 4. The number of β-amino-alcohol motifs (C(OH)–C–C–N with tert-alkyl or cyclic N) is 1. The average molecular weight is 378 g/mol. The van der Waals surface area contributed by atoms with Crippen LogP contribution < -0.4 is 21.3 Å². The number of nitrogens with one attached hydrogen (secondary N) is 2. The van der Waals surface area contributed by atoms with E-state index in [-0.39, 0.29) is 17.7 Å². The molecule has 3 rings (SSSR count). The minimum Gasteiger partial charge on any atom is -0.395 e. The van der Waals surface area contributed by atoms with Gasteiger partial charge in [0, 0.05) is 49.8 Å². The quantitative estimate of drug-likeness (QED) is 0.600. The van der Waals surface area contributed by atoms with Crippen LogP contribution in [0.1, 0.15) is 40.5 Å². The summed E-state index contributed by atoms with van der Waals surface area (Å²) in [4.78, 5) is 13.4. The first kappa shape index (κ1) is 20.1. The third kappa shape index (κ3) is 5.00. The number of anilines is 3. The normalized spacial score (nSPS) is 23.4. The van der Waals surface area contributed by atoms with Crippen molar-refractivity contribution in [3.8, 4) is 0 Å². The summed E-state index contributed by atoms with van der Waals surface area (Å²) in [6.45, 7) is 13.4. The standard InChI is InChI=1S/C19H35N7O/c1-18(2)11-14(12-19(3,4)24-18)23-16-15(20)17(22-13-21-16)26-7-5-25(6-8-26)9-10-27/h13-14,24,27H,5-12,20H2,1-4H3,(H,21,22,23). The Kier molecular flexibility index (Phi) is 5.79. The summed E-state index contributed by atoms with van der Waals surface area (Å²) in [7, 11) is 0. The zero-order valence-corrected chi connectivity index (χ0v) is 17.1. The van der Waals surface area contributed by atoms with Gasteiger partial charge in [0.1, 0.15) is 12.0 Å². The largest absolute Gasteiger partial charge is 0.395 e. The van der Waals surface area contributed by atoms with Crippen molar-refractivity contribution < 1.29 is 5.11 Å². The molecule has 0 radical (unpaired) electrons. The highest BCUT2D eigenvalue weighted by atomic mass is 16.3. The van der Waals surface area contributed by atoms with Crippen LogP contribution in [0.25, 0.3) is 0 Å². The van der Waals surface area contributed by atoms with Gasteiger partial charge in [-0.3, -0.25) is 4.90 Å². The van der Waals surface area contributed by atoms with Gasteiger partial charge >= 0.3 is 0 Å². The molecule has 0 aliphatic carbocycles. The Balaban J connectivity index is 1.70. The molecule has 0 aromatic carbocycles. The number of aromatic nitrogens is 2. The fraction of sp³-hybridized carbons (Fsp3) is 0.789. The minimum atomic E-state index is 0.0626. The highest BCUT2D eigenvalue weighted by molar-refractivity contribution is 5.75. The number of hydrogen-bond acceptors (Lipinski definition) is 8. The number of piperidine rings is 1. The summed E-state index contributed by atoms with van der Waals surface area (Å²) in [5, 5.41) is 16.4. The Morgan fingerprint density at radius 3 is 2.37 bits per heavy atom. The first-order valence-corrected chi connectivity index (χ1v) is 9.94. The van der Waals surface area contributed by atoms with Crippen LogP contribution in [0.5, 0.6) is 0 Å². The number of nitrogen functional groups attached to an aromatic ring is 1. The van der Waals surface area contributed by atoms with Crippen LogP contribution in [0.15, 0.2) is 6.33 Å². The summed E-state index contributed by atoms with van der Waals surface area (Å²) in [6, 6.07) is 0.308. The number of aliphatic hydroxyl groups excluding tert-OH is 1. The number of rotatable bonds is 5. The predicted octanol–water partition coefficient (Wildman–Crippen LogP) is 0.894. The molecule has 27 heavy (non-hydrogen) atoms. The molecule has 0 atom stereocenters. The van der Waals surface area contributed by atoms with Crippen molar-refractivity contribution in [1.82, 2.24) is 20.2 Å². The van der Waals surface area contributed by atoms with E-state index in [2.05, 4.69) is 58.1 Å². The molecule has 8 nitrogen and oxygen atoms in total. The maximum absolute atomic E-state index is 9.10. The third-order valence-electron chi connectivity index (χ3n) is 5.48. The molecule has 1 aromatic rings. The molecule has 0 amide bonds. The lowest BCUT2D eigenvalue weighted by molar-refractivity contribution is 0.170. The van der Waals surface area contributed by atoms with E-state index in [0.29, 0.717) is 11.7 Å². The molecule has 2 aliphatic heterocycles. The summed E-state index contributed by atoms with van der Waals surface area (Å²) in [6.07, 6.45) is 3.62. The molecule has 0 bridgehead atoms. The molecular formula is C19H35N7O. The molecule has 0 unspecified atom stereocenters. The summed E-state index contributed by atoms with van der Waals surface area (Å²) in [5.41, 5.74) is 7.21. The first-order chi connectivity index (χ1) is 12.7. The zero-order chi connectivity index (χ0) is 19.7. The fourth-order valence-electron chi connectivity index (χ4n) is 4.70. The lowest BCUT2D eigenvalue weighted by Gasteiger charge is -2.46. The van der Waals surface area contributed by atoms with E-state index in [1.165, 1.54) is 0 Å². The van der Waals surface area contributed by atoms with Gasteiger partial charge in [-0.2, -0.15) is 0 Å². The van der Waals surface area contributed by atoms with E-state index < -0.39 is 0 Å². The van der Waals surface area contributed by atoms with Gasteiger partial charge in [-0.15, -0.1) is 0 Å². The maximum atomic E-state index is 9.10. The van der Waals surface area contributed by atoms with Crippen LogP contribution in [-0.4, -0.2) is 76.4 Å². The third-order valence-corrected chi connectivity index (χ3v) is 5.48. The monoisotopic (exact) mass is 377 g/mol. The topological polar surface area (TPSA) is 103 Å². The first-order valence-electron chi connectivity index (χ1n) is 9.94. The second-order valence-electron chi connectivity index (χ2n) is 9.15. The minimum absolute atomic E-state index is 0.0626. The van der Waals surface area contributed by atoms with Gasteiger partial charge in [0.2, 0.25) is 0 Å². The molecule has 152 valence electrons. The maximum Gasteiger partial charge on any atom is 0.157 e. The average Bonchev–Trinajstić information content (AvgIpc) is 2.55. The van der Waals surface area contributed by atoms with E-state index in [1.807, 2.05) is 0 Å². The van der Waals surface area contributed by atoms with E-state index in [9.17, 15) is 0 Å². The number of piperazine rings is 1. The van der Waals surface area contributed by atoms with Crippen LogP contribution in [0, 0.1) is 0 Å². The van der Waals surface area contributed by atoms with Crippen molar-refractivity contribution >= 4 is 17.3 Å². The van der Waals surface area contributed by atoms with E-state index >= 15 is 0 Å². The highest BCUT2D eigenvalue weighted by Gasteiger charge is 2.38. The second kappa shape index (κ2) is 7.77. The van der Waals surface area contributed by atoms with Gasteiger partial charge in [-0.1, -0.05) is 0 Å². The number of nitrogens with zero attached hydrogens (tertiary/aromatic N) is 4. The molecule has 0 saturated carbocycles. The second-order valence-corrected chi connectivity index (χ2v) is 9.15. The van der Waals surface area contributed by atoms with Crippen LogP contribution >= 0.6 is 0 Å². The molecule has 3 heterocycles. The Labute approximate surface area is 162 Å². The van der Waals surface area contributed by atoms with Gasteiger partial charge in [-0.05, 0) is 40.5 Å². The number of nitrogens with two attached hydrogens (primary N) is 1. The Bertz CT molecular complexity index is 625. The van der Waals surface area contributed by atoms with Gasteiger partial charge in [0.25, 0.3) is 0 Å². The summed E-state index contributed by atoms with van der Waals surface area (Å²) >= 11 is 0. The zero-order valence-electron chi connectivity index (χ0n) is 17.1. The smallest absolute Gasteiger partial charge is 0.157 e. The number of aliphatic hydroxyl groups is 1. The lowest BCUT2D eigenvalue weighted by atomic mass is 9.79. The van der Waals surface area contributed by atoms with Crippen molar-refractivity contribution in [2.45, 2.75) is 57.7 Å². The molecule has 2 fully saturated rings. The Morgan fingerprint density at radius 1 is 1.15 bits per heavy atom. The molecule has 2 aliphatic rings. The predicted molar refractivity (Wildman–Crippen MR) is 110 cm³/mol. The SMILES string of the molecule is CC1(C)CC(Nc2ncnc(N3CCN(CCO)CC3)c2N)CC(C)(C)N1. The highest BCUT2D eigenvalue weighted by Crippen LogP contribution is 2.33. The summed E-state index contributed by atoms with van der Waals surface area (Å²) < 4.78 is 0. The summed E-state index contributed by atoms with van der Waals surface area (Å²) in [5.74, 6) is 1.54.